The van der Waals surface area contributed by atoms with Crippen LogP contribution in [-0.4, -0.2) is 21.2 Å². The Morgan fingerprint density at radius 3 is 2.56 bits per heavy atom. The fourth-order valence-corrected chi connectivity index (χ4v) is 2.74. The van der Waals surface area contributed by atoms with Crippen molar-refractivity contribution < 1.29 is 14.8 Å². The van der Waals surface area contributed by atoms with E-state index in [0.29, 0.717) is 9.37 Å². The highest BCUT2D eigenvalue weighted by molar-refractivity contribution is 9.10. The summed E-state index contributed by atoms with van der Waals surface area (Å²) in [7, 11) is 0. The molecular formula is C11H12BrNO4S. The summed E-state index contributed by atoms with van der Waals surface area (Å²) in [5, 5.41) is 19.3. The molecular weight excluding hydrogens is 322 g/mol. The predicted octanol–water partition coefficient (Wildman–Crippen LogP) is 3.56. The number of aliphatic carboxylic acids is 1. The van der Waals surface area contributed by atoms with E-state index in [-0.39, 0.29) is 11.6 Å². The number of rotatable bonds is 5. The van der Waals surface area contributed by atoms with Gasteiger partial charge in [0, 0.05) is 10.5 Å². The summed E-state index contributed by atoms with van der Waals surface area (Å²) in [6, 6.07) is 4.60. The Labute approximate surface area is 117 Å². The van der Waals surface area contributed by atoms with Crippen LogP contribution in [0.15, 0.2) is 27.6 Å². The van der Waals surface area contributed by atoms with Crippen LogP contribution in [0.1, 0.15) is 13.8 Å². The first-order valence-corrected chi connectivity index (χ1v) is 6.83. The topological polar surface area (TPSA) is 80.4 Å². The van der Waals surface area contributed by atoms with Crippen molar-refractivity contribution in [2.24, 2.45) is 5.92 Å². The largest absolute Gasteiger partial charge is 0.480 e. The molecule has 0 heterocycles. The molecule has 1 aromatic rings. The average molecular weight is 334 g/mol. The van der Waals surface area contributed by atoms with Crippen LogP contribution < -0.4 is 0 Å². The van der Waals surface area contributed by atoms with Crippen molar-refractivity contribution >= 4 is 39.3 Å². The average Bonchev–Trinajstić information content (AvgIpc) is 2.25. The number of carboxylic acid groups (broad SMARTS) is 1. The zero-order chi connectivity index (χ0) is 13.9. The summed E-state index contributed by atoms with van der Waals surface area (Å²) < 4.78 is 0.593. The van der Waals surface area contributed by atoms with Gasteiger partial charge in [-0.05, 0) is 18.1 Å². The van der Waals surface area contributed by atoms with Crippen LogP contribution in [0.2, 0.25) is 0 Å². The molecule has 0 radical (unpaired) electrons. The molecule has 0 aliphatic carbocycles. The van der Waals surface area contributed by atoms with E-state index in [1.165, 1.54) is 6.07 Å². The molecule has 0 aliphatic heterocycles. The van der Waals surface area contributed by atoms with E-state index in [1.54, 1.807) is 26.0 Å². The molecule has 98 valence electrons. The summed E-state index contributed by atoms with van der Waals surface area (Å²) in [6.45, 7) is 3.55. The van der Waals surface area contributed by atoms with Crippen LogP contribution >= 0.6 is 27.7 Å². The summed E-state index contributed by atoms with van der Waals surface area (Å²) in [4.78, 5) is 21.9. The first-order valence-electron chi connectivity index (χ1n) is 5.16. The molecule has 1 N–H and O–H groups in total. The molecule has 0 fully saturated rings. The third kappa shape index (κ3) is 3.71. The Balaban J connectivity index is 3.10. The number of carbonyl (C=O) groups is 1. The highest BCUT2D eigenvalue weighted by atomic mass is 79.9. The van der Waals surface area contributed by atoms with Gasteiger partial charge in [-0.1, -0.05) is 29.8 Å². The second-order valence-corrected chi connectivity index (χ2v) is 6.09. The van der Waals surface area contributed by atoms with E-state index in [4.69, 9.17) is 5.11 Å². The van der Waals surface area contributed by atoms with Crippen molar-refractivity contribution in [2.45, 2.75) is 24.0 Å². The minimum absolute atomic E-state index is 0.0822. The van der Waals surface area contributed by atoms with Crippen molar-refractivity contribution in [1.82, 2.24) is 0 Å². The van der Waals surface area contributed by atoms with E-state index >= 15 is 0 Å². The lowest BCUT2D eigenvalue weighted by atomic mass is 10.1. The quantitative estimate of drug-likeness (QED) is 0.506. The van der Waals surface area contributed by atoms with Crippen molar-refractivity contribution in [1.29, 1.82) is 0 Å². The third-order valence-corrected chi connectivity index (χ3v) is 4.31. The Hall–Kier alpha value is -1.08. The summed E-state index contributed by atoms with van der Waals surface area (Å²) in [5.41, 5.74) is -0.0822. The molecule has 0 bridgehead atoms. The van der Waals surface area contributed by atoms with E-state index in [0.717, 1.165) is 11.8 Å². The summed E-state index contributed by atoms with van der Waals surface area (Å²) in [6.07, 6.45) is 0. The smallest absolute Gasteiger partial charge is 0.317 e. The molecule has 18 heavy (non-hydrogen) atoms. The lowest BCUT2D eigenvalue weighted by Gasteiger charge is -2.15. The van der Waals surface area contributed by atoms with Crippen LogP contribution in [-0.2, 0) is 4.79 Å². The lowest BCUT2D eigenvalue weighted by Crippen LogP contribution is -2.22. The minimum atomic E-state index is -0.966. The van der Waals surface area contributed by atoms with Gasteiger partial charge in [-0.25, -0.2) is 0 Å². The molecule has 1 unspecified atom stereocenters. The fourth-order valence-electron chi connectivity index (χ4n) is 1.34. The maximum Gasteiger partial charge on any atom is 0.317 e. The number of carboxylic acids is 1. The lowest BCUT2D eigenvalue weighted by molar-refractivity contribution is -0.387. The van der Waals surface area contributed by atoms with Crippen molar-refractivity contribution in [3.8, 4) is 0 Å². The Bertz CT molecular complexity index is 478. The van der Waals surface area contributed by atoms with Crippen LogP contribution in [0.3, 0.4) is 0 Å². The van der Waals surface area contributed by atoms with Gasteiger partial charge in [0.2, 0.25) is 0 Å². The van der Waals surface area contributed by atoms with E-state index < -0.39 is 16.1 Å². The van der Waals surface area contributed by atoms with Gasteiger partial charge in [0.15, 0.2) is 0 Å². The highest BCUT2D eigenvalue weighted by Gasteiger charge is 2.26. The maximum absolute atomic E-state index is 11.1. The van der Waals surface area contributed by atoms with Gasteiger partial charge < -0.3 is 5.11 Å². The maximum atomic E-state index is 11.1. The van der Waals surface area contributed by atoms with Gasteiger partial charge in [0.25, 0.3) is 5.69 Å². The van der Waals surface area contributed by atoms with Gasteiger partial charge >= 0.3 is 5.97 Å². The van der Waals surface area contributed by atoms with Crippen LogP contribution in [0, 0.1) is 16.0 Å². The number of benzene rings is 1. The van der Waals surface area contributed by atoms with Gasteiger partial charge in [-0.2, -0.15) is 0 Å². The first kappa shape index (κ1) is 15.0. The van der Waals surface area contributed by atoms with Crippen LogP contribution in [0.25, 0.3) is 0 Å². The van der Waals surface area contributed by atoms with Crippen molar-refractivity contribution in [2.75, 3.05) is 0 Å². The highest BCUT2D eigenvalue weighted by Crippen LogP contribution is 2.36. The molecule has 0 saturated carbocycles. The monoisotopic (exact) mass is 333 g/mol. The molecule has 5 nitrogen and oxygen atoms in total. The summed E-state index contributed by atoms with van der Waals surface area (Å²) in [5.74, 6) is -1.08. The molecule has 1 aromatic carbocycles. The van der Waals surface area contributed by atoms with Crippen LogP contribution in [0.5, 0.6) is 0 Å². The van der Waals surface area contributed by atoms with Gasteiger partial charge in [-0.15, -0.1) is 11.8 Å². The number of nitro groups is 1. The van der Waals surface area contributed by atoms with Crippen molar-refractivity contribution in [3.05, 3.63) is 32.8 Å². The second kappa shape index (κ2) is 6.19. The van der Waals surface area contributed by atoms with Crippen LogP contribution in [0.4, 0.5) is 5.69 Å². The number of halogens is 1. The van der Waals surface area contributed by atoms with Gasteiger partial charge in [-0.3, -0.25) is 14.9 Å². The zero-order valence-electron chi connectivity index (χ0n) is 9.79. The molecule has 0 amide bonds. The number of hydrogen-bond donors (Lipinski definition) is 1. The van der Waals surface area contributed by atoms with E-state index in [2.05, 4.69) is 15.9 Å². The minimum Gasteiger partial charge on any atom is -0.480 e. The SMILES string of the molecule is CC(C)C(Sc1ccc(Br)cc1[N+](=O)[O-])C(=O)O. The zero-order valence-corrected chi connectivity index (χ0v) is 12.2. The standard InChI is InChI=1S/C11H12BrNO4S/c1-6(2)10(11(14)15)18-9-4-3-7(12)5-8(9)13(16)17/h3-6,10H,1-2H3,(H,14,15). The molecule has 0 aliphatic rings. The molecule has 0 saturated heterocycles. The van der Waals surface area contributed by atoms with E-state index in [9.17, 15) is 14.9 Å². The Kier molecular flexibility index (Phi) is 5.15. The number of nitro benzene ring substituents is 1. The Morgan fingerprint density at radius 2 is 2.11 bits per heavy atom. The second-order valence-electron chi connectivity index (χ2n) is 3.99. The molecule has 1 atom stereocenters. The normalized spacial score (nSPS) is 12.4. The third-order valence-electron chi connectivity index (χ3n) is 2.22. The van der Waals surface area contributed by atoms with Gasteiger partial charge in [0.05, 0.1) is 9.82 Å². The number of hydrogen-bond acceptors (Lipinski definition) is 4. The van der Waals surface area contributed by atoms with Crippen molar-refractivity contribution in [3.63, 3.8) is 0 Å². The number of nitrogens with zero attached hydrogens (tertiary/aromatic N) is 1. The summed E-state index contributed by atoms with van der Waals surface area (Å²) >= 11 is 4.17. The Morgan fingerprint density at radius 1 is 1.50 bits per heavy atom. The number of thioether (sulfide) groups is 1. The molecule has 0 spiro atoms. The van der Waals surface area contributed by atoms with Gasteiger partial charge in [0.1, 0.15) is 5.25 Å². The molecule has 0 aromatic heterocycles. The fraction of sp³-hybridized carbons (Fsp3) is 0.364. The predicted molar refractivity (Wildman–Crippen MR) is 72.9 cm³/mol. The van der Waals surface area contributed by atoms with E-state index in [1.807, 2.05) is 0 Å². The first-order chi connectivity index (χ1) is 8.32. The molecule has 7 heteroatoms. The molecule has 1 rings (SSSR count).